The van der Waals surface area contributed by atoms with Crippen LogP contribution in [-0.2, 0) is 12.7 Å². The first-order valence-electron chi connectivity index (χ1n) is 9.04. The molecule has 1 atom stereocenters. The Hall–Kier alpha value is -2.83. The summed E-state index contributed by atoms with van der Waals surface area (Å²) in [5.41, 5.74) is -0.118. The zero-order valence-corrected chi connectivity index (χ0v) is 16.7. The minimum absolute atomic E-state index is 0.0369. The molecule has 3 rings (SSSR count). The minimum Gasteiger partial charge on any atom is -0.496 e. The van der Waals surface area contributed by atoms with Crippen LogP contribution in [0.3, 0.4) is 0 Å². The van der Waals surface area contributed by atoms with Gasteiger partial charge in [-0.15, -0.1) is 0 Å². The molecule has 0 saturated carbocycles. The Balaban J connectivity index is 1.81. The number of nitrogens with zero attached hydrogens (tertiary/aromatic N) is 3. The van der Waals surface area contributed by atoms with Crippen LogP contribution in [0.25, 0.3) is 0 Å². The van der Waals surface area contributed by atoms with E-state index in [1.54, 1.807) is 6.07 Å². The first kappa shape index (κ1) is 21.9. The van der Waals surface area contributed by atoms with Crippen molar-refractivity contribution in [2.24, 2.45) is 5.92 Å². The van der Waals surface area contributed by atoms with Crippen LogP contribution < -0.4 is 10.1 Å². The second kappa shape index (κ2) is 8.90. The normalized spacial score (nSPS) is 16.9. The van der Waals surface area contributed by atoms with Crippen LogP contribution >= 0.6 is 11.6 Å². The van der Waals surface area contributed by atoms with Crippen LogP contribution in [0.2, 0.25) is 5.02 Å². The van der Waals surface area contributed by atoms with Crippen molar-refractivity contribution in [3.63, 3.8) is 0 Å². The summed E-state index contributed by atoms with van der Waals surface area (Å²) in [7, 11) is 1.42. The lowest BCUT2D eigenvalue weighted by Crippen LogP contribution is -2.21. The highest BCUT2D eigenvalue weighted by Gasteiger charge is 2.32. The van der Waals surface area contributed by atoms with E-state index in [4.69, 9.17) is 21.6 Å². The van der Waals surface area contributed by atoms with Crippen LogP contribution in [0.4, 0.5) is 18.9 Å². The van der Waals surface area contributed by atoms with Crippen molar-refractivity contribution in [3.8, 4) is 11.8 Å². The number of hydrogen-bond donors (Lipinski definition) is 1. The zero-order valence-electron chi connectivity index (χ0n) is 16.0. The number of likely N-dealkylation sites (tertiary alicyclic amines) is 1. The van der Waals surface area contributed by atoms with Gasteiger partial charge in [-0.1, -0.05) is 11.6 Å². The molecule has 1 aliphatic heterocycles. The smallest absolute Gasteiger partial charge is 0.433 e. The van der Waals surface area contributed by atoms with Crippen molar-refractivity contribution in [1.82, 2.24) is 9.88 Å². The fourth-order valence-electron chi connectivity index (χ4n) is 3.33. The molecule has 1 unspecified atom stereocenters. The Morgan fingerprint density at radius 2 is 2.20 bits per heavy atom. The SMILES string of the molecule is COc1c(CN2CCC(C#N)C2)cc(Cl)cc1C(=O)Nc1ccc(C(F)(F)F)nc1. The fraction of sp³-hybridized carbons (Fsp3) is 0.350. The molecule has 1 amide bonds. The standard InChI is InChI=1S/C20H18ClF3N4O2/c1-30-18-13(11-28-5-4-12(8-25)10-28)6-14(21)7-16(18)19(29)27-15-2-3-17(26-9-15)20(22,23)24/h2-3,6-7,9,12H,4-5,10-11H2,1H3,(H,27,29). The summed E-state index contributed by atoms with van der Waals surface area (Å²) in [6, 6.07) is 7.28. The molecule has 1 aliphatic rings. The molecule has 0 spiro atoms. The number of nitriles is 1. The van der Waals surface area contributed by atoms with E-state index in [9.17, 15) is 18.0 Å². The average molecular weight is 439 g/mol. The number of anilines is 1. The van der Waals surface area contributed by atoms with Crippen molar-refractivity contribution in [2.75, 3.05) is 25.5 Å². The van der Waals surface area contributed by atoms with Gasteiger partial charge in [0.25, 0.3) is 5.91 Å². The summed E-state index contributed by atoms with van der Waals surface area (Å²) in [5.74, 6) is -0.309. The molecule has 2 aromatic rings. The maximum Gasteiger partial charge on any atom is 0.433 e. The Morgan fingerprint density at radius 3 is 2.77 bits per heavy atom. The predicted octanol–water partition coefficient (Wildman–Crippen LogP) is 4.36. The topological polar surface area (TPSA) is 78.2 Å². The van der Waals surface area contributed by atoms with E-state index >= 15 is 0 Å². The van der Waals surface area contributed by atoms with Gasteiger partial charge < -0.3 is 10.1 Å². The van der Waals surface area contributed by atoms with E-state index in [0.29, 0.717) is 29.4 Å². The van der Waals surface area contributed by atoms with Crippen LogP contribution in [0.1, 0.15) is 28.0 Å². The number of rotatable bonds is 5. The first-order chi connectivity index (χ1) is 14.2. The maximum absolute atomic E-state index is 12.8. The number of benzene rings is 1. The number of halogens is 4. The van der Waals surface area contributed by atoms with Crippen molar-refractivity contribution in [3.05, 3.63) is 52.3 Å². The third-order valence-electron chi connectivity index (χ3n) is 4.74. The van der Waals surface area contributed by atoms with Gasteiger partial charge in [-0.3, -0.25) is 9.69 Å². The van der Waals surface area contributed by atoms with Crippen LogP contribution in [0.5, 0.6) is 5.75 Å². The summed E-state index contributed by atoms with van der Waals surface area (Å²) in [6.07, 6.45) is -2.85. The highest BCUT2D eigenvalue weighted by atomic mass is 35.5. The molecule has 1 aromatic carbocycles. The van der Waals surface area contributed by atoms with Crippen molar-refractivity contribution in [2.45, 2.75) is 19.1 Å². The van der Waals surface area contributed by atoms with Gasteiger partial charge in [-0.25, -0.2) is 4.98 Å². The van der Waals surface area contributed by atoms with E-state index in [1.807, 2.05) is 0 Å². The molecule has 1 aromatic heterocycles. The molecule has 0 aliphatic carbocycles. The van der Waals surface area contributed by atoms with Crippen LogP contribution in [0, 0.1) is 17.2 Å². The summed E-state index contributed by atoms with van der Waals surface area (Å²) in [5, 5.41) is 11.9. The van der Waals surface area contributed by atoms with Gasteiger partial charge in [0.05, 0.1) is 36.5 Å². The third kappa shape index (κ3) is 5.01. The summed E-state index contributed by atoms with van der Waals surface area (Å²) < 4.78 is 43.4. The number of nitrogens with one attached hydrogen (secondary N) is 1. The lowest BCUT2D eigenvalue weighted by molar-refractivity contribution is -0.141. The molecule has 1 N–H and O–H groups in total. The number of carbonyl (C=O) groups is 1. The van der Waals surface area contributed by atoms with Gasteiger partial charge in [-0.2, -0.15) is 18.4 Å². The summed E-state index contributed by atoms with van der Waals surface area (Å²) >= 11 is 6.19. The van der Waals surface area contributed by atoms with Crippen molar-refractivity contribution in [1.29, 1.82) is 5.26 Å². The second-order valence-electron chi connectivity index (χ2n) is 6.88. The number of ether oxygens (including phenoxy) is 1. The number of alkyl halides is 3. The number of methoxy groups -OCH3 is 1. The minimum atomic E-state index is -4.56. The fourth-order valence-corrected chi connectivity index (χ4v) is 3.57. The number of amides is 1. The molecule has 0 radical (unpaired) electrons. The number of carbonyl (C=O) groups excluding carboxylic acids is 1. The molecule has 30 heavy (non-hydrogen) atoms. The van der Waals surface area contributed by atoms with Gasteiger partial charge >= 0.3 is 6.18 Å². The van der Waals surface area contributed by atoms with E-state index in [1.165, 1.54) is 13.2 Å². The Morgan fingerprint density at radius 1 is 1.43 bits per heavy atom. The molecule has 6 nitrogen and oxygen atoms in total. The van der Waals surface area contributed by atoms with Crippen molar-refractivity contribution >= 4 is 23.2 Å². The number of pyridine rings is 1. The predicted molar refractivity (Wildman–Crippen MR) is 104 cm³/mol. The number of aromatic nitrogens is 1. The number of hydrogen-bond acceptors (Lipinski definition) is 5. The molecule has 158 valence electrons. The van der Waals surface area contributed by atoms with Gasteiger partial charge in [-0.05, 0) is 37.2 Å². The molecular weight excluding hydrogens is 421 g/mol. The monoisotopic (exact) mass is 438 g/mol. The van der Waals surface area contributed by atoms with Crippen LogP contribution in [-0.4, -0.2) is 36.0 Å². The Labute approximate surface area is 176 Å². The van der Waals surface area contributed by atoms with Gasteiger partial charge in [0, 0.05) is 23.7 Å². The van der Waals surface area contributed by atoms with E-state index < -0.39 is 17.8 Å². The first-order valence-corrected chi connectivity index (χ1v) is 9.42. The van der Waals surface area contributed by atoms with Crippen molar-refractivity contribution < 1.29 is 22.7 Å². The quantitative estimate of drug-likeness (QED) is 0.750. The van der Waals surface area contributed by atoms with E-state index in [2.05, 4.69) is 21.3 Å². The zero-order chi connectivity index (χ0) is 21.9. The molecule has 2 heterocycles. The summed E-state index contributed by atoms with van der Waals surface area (Å²) in [6.45, 7) is 1.81. The Kier molecular flexibility index (Phi) is 6.48. The lowest BCUT2D eigenvalue weighted by atomic mass is 10.1. The molecular formula is C20H18ClF3N4O2. The largest absolute Gasteiger partial charge is 0.496 e. The third-order valence-corrected chi connectivity index (χ3v) is 4.96. The van der Waals surface area contributed by atoms with E-state index in [0.717, 1.165) is 31.3 Å². The molecule has 10 heteroatoms. The van der Waals surface area contributed by atoms with Crippen LogP contribution in [0.15, 0.2) is 30.5 Å². The van der Waals surface area contributed by atoms with E-state index in [-0.39, 0.29) is 17.2 Å². The molecule has 0 bridgehead atoms. The highest BCUT2D eigenvalue weighted by Crippen LogP contribution is 2.32. The molecule has 1 saturated heterocycles. The van der Waals surface area contributed by atoms with Gasteiger partial charge in [0.1, 0.15) is 11.4 Å². The maximum atomic E-state index is 12.8. The highest BCUT2D eigenvalue weighted by molar-refractivity contribution is 6.31. The Bertz CT molecular complexity index is 974. The van der Waals surface area contributed by atoms with Gasteiger partial charge in [0.2, 0.25) is 0 Å². The van der Waals surface area contributed by atoms with Gasteiger partial charge in [0.15, 0.2) is 0 Å². The lowest BCUT2D eigenvalue weighted by Gasteiger charge is -2.19. The summed E-state index contributed by atoms with van der Waals surface area (Å²) in [4.78, 5) is 18.2. The second-order valence-corrected chi connectivity index (χ2v) is 7.32. The molecule has 1 fully saturated rings. The average Bonchev–Trinajstić information content (AvgIpc) is 3.15.